The van der Waals surface area contributed by atoms with Gasteiger partial charge in [0.1, 0.15) is 6.20 Å². The van der Waals surface area contributed by atoms with E-state index >= 15 is 0 Å². The van der Waals surface area contributed by atoms with Gasteiger partial charge in [0, 0.05) is 11.6 Å². The smallest absolute Gasteiger partial charge is 0.358 e. The number of nitro groups is 1. The van der Waals surface area contributed by atoms with E-state index < -0.39 is 4.92 Å². The molecule has 0 amide bonds. The molecule has 0 aliphatic heterocycles. The van der Waals surface area contributed by atoms with Gasteiger partial charge in [-0.3, -0.25) is 4.79 Å². The topological polar surface area (TPSA) is 73.1 Å². The van der Waals surface area contributed by atoms with Crippen molar-refractivity contribution < 1.29 is 9.72 Å². The number of nitrogens with zero attached hydrogens (tertiary/aromatic N) is 2. The lowest BCUT2D eigenvalue weighted by molar-refractivity contribution is -0.389. The summed E-state index contributed by atoms with van der Waals surface area (Å²) in [5.74, 6) is -0.203. The van der Waals surface area contributed by atoms with Crippen LogP contribution in [0.2, 0.25) is 0 Å². The van der Waals surface area contributed by atoms with Gasteiger partial charge in [0.15, 0.2) is 5.78 Å². The maximum atomic E-state index is 11.1. The fourth-order valence-corrected chi connectivity index (χ4v) is 1.60. The second kappa shape index (κ2) is 4.75. The summed E-state index contributed by atoms with van der Waals surface area (Å²) < 4.78 is 0. The Morgan fingerprint density at radius 3 is 2.39 bits per heavy atom. The number of benzene rings is 1. The summed E-state index contributed by atoms with van der Waals surface area (Å²) in [7, 11) is 0. The first kappa shape index (κ1) is 11.9. The van der Waals surface area contributed by atoms with E-state index in [0.29, 0.717) is 11.1 Å². The minimum Gasteiger partial charge on any atom is -0.358 e. The molecular weight excluding hydrogens is 232 g/mol. The number of hydrogen-bond acceptors (Lipinski definition) is 4. The lowest BCUT2D eigenvalue weighted by atomic mass is 10.0. The van der Waals surface area contributed by atoms with Gasteiger partial charge in [-0.1, -0.05) is 24.3 Å². The van der Waals surface area contributed by atoms with Crippen LogP contribution < -0.4 is 0 Å². The number of carbonyl (C=O) groups excluding carboxylic acids is 1. The summed E-state index contributed by atoms with van der Waals surface area (Å²) in [5, 5.41) is 10.6. The van der Waals surface area contributed by atoms with Gasteiger partial charge in [-0.2, -0.15) is 0 Å². The van der Waals surface area contributed by atoms with Crippen LogP contribution in [-0.4, -0.2) is 15.7 Å². The van der Waals surface area contributed by atoms with Gasteiger partial charge in [-0.15, -0.1) is 0 Å². The fourth-order valence-electron chi connectivity index (χ4n) is 1.60. The highest BCUT2D eigenvalue weighted by atomic mass is 16.6. The molecule has 1 heterocycles. The van der Waals surface area contributed by atoms with Crippen molar-refractivity contribution in [3.05, 3.63) is 58.3 Å². The molecule has 0 radical (unpaired) electrons. The van der Waals surface area contributed by atoms with Crippen molar-refractivity contribution in [3.8, 4) is 11.1 Å². The highest BCUT2D eigenvalue weighted by Crippen LogP contribution is 2.22. The number of carbonyl (C=O) groups is 1. The lowest BCUT2D eigenvalue weighted by Gasteiger charge is -2.02. The van der Waals surface area contributed by atoms with Crippen LogP contribution in [0.25, 0.3) is 11.1 Å². The molecule has 0 atom stereocenters. The molecule has 2 rings (SSSR count). The predicted molar refractivity (Wildman–Crippen MR) is 66.3 cm³/mol. The van der Waals surface area contributed by atoms with Gasteiger partial charge in [0.05, 0.1) is 0 Å². The monoisotopic (exact) mass is 242 g/mol. The van der Waals surface area contributed by atoms with Crippen LogP contribution in [0.5, 0.6) is 0 Å². The molecule has 0 spiro atoms. The summed E-state index contributed by atoms with van der Waals surface area (Å²) in [6.07, 6.45) is 1.40. The predicted octanol–water partition coefficient (Wildman–Crippen LogP) is 2.86. The standard InChI is InChI=1S/C13H10N2O3/c1-9(16)10-2-4-11(5-3-10)12-6-7-14-13(8-12)15(17)18/h2-8H,1H3. The Hall–Kier alpha value is -2.56. The molecule has 0 bridgehead atoms. The van der Waals surface area contributed by atoms with Gasteiger partial charge in [-0.25, -0.2) is 0 Å². The van der Waals surface area contributed by atoms with Gasteiger partial charge >= 0.3 is 5.82 Å². The van der Waals surface area contributed by atoms with Crippen molar-refractivity contribution in [2.24, 2.45) is 0 Å². The van der Waals surface area contributed by atoms with E-state index in [-0.39, 0.29) is 11.6 Å². The molecule has 5 nitrogen and oxygen atoms in total. The van der Waals surface area contributed by atoms with E-state index in [1.165, 1.54) is 19.2 Å². The van der Waals surface area contributed by atoms with Crippen LogP contribution in [0.1, 0.15) is 17.3 Å². The third kappa shape index (κ3) is 2.40. The molecular formula is C13H10N2O3. The quantitative estimate of drug-likeness (QED) is 0.471. The molecule has 0 aliphatic rings. The summed E-state index contributed by atoms with van der Waals surface area (Å²) in [4.78, 5) is 24.9. The van der Waals surface area contributed by atoms with Crippen LogP contribution in [0.15, 0.2) is 42.6 Å². The molecule has 90 valence electrons. The Morgan fingerprint density at radius 1 is 1.17 bits per heavy atom. The number of aromatic nitrogens is 1. The molecule has 1 aromatic heterocycles. The Bertz CT molecular complexity index is 606. The first-order chi connectivity index (χ1) is 8.58. The first-order valence-corrected chi connectivity index (χ1v) is 5.30. The van der Waals surface area contributed by atoms with Crippen molar-refractivity contribution in [2.75, 3.05) is 0 Å². The van der Waals surface area contributed by atoms with E-state index in [1.54, 1.807) is 30.3 Å². The molecule has 0 N–H and O–H groups in total. The van der Waals surface area contributed by atoms with Gasteiger partial charge < -0.3 is 10.1 Å². The van der Waals surface area contributed by atoms with Crippen LogP contribution in [0.3, 0.4) is 0 Å². The molecule has 1 aromatic carbocycles. The minimum atomic E-state index is -0.534. The Kier molecular flexibility index (Phi) is 3.14. The zero-order valence-electron chi connectivity index (χ0n) is 9.66. The summed E-state index contributed by atoms with van der Waals surface area (Å²) in [6, 6.07) is 10.0. The van der Waals surface area contributed by atoms with E-state index in [4.69, 9.17) is 0 Å². The maximum absolute atomic E-state index is 11.1. The Balaban J connectivity index is 2.39. The zero-order chi connectivity index (χ0) is 13.1. The normalized spacial score (nSPS) is 10.1. The van der Waals surface area contributed by atoms with E-state index in [1.807, 2.05) is 0 Å². The minimum absolute atomic E-state index is 0.0118. The summed E-state index contributed by atoms with van der Waals surface area (Å²) in [6.45, 7) is 1.49. The number of pyridine rings is 1. The van der Waals surface area contributed by atoms with Gasteiger partial charge in [0.25, 0.3) is 0 Å². The largest absolute Gasteiger partial charge is 0.364 e. The second-order valence-electron chi connectivity index (χ2n) is 3.79. The van der Waals surface area contributed by atoms with Crippen molar-refractivity contribution >= 4 is 11.6 Å². The van der Waals surface area contributed by atoms with E-state index in [0.717, 1.165) is 5.56 Å². The zero-order valence-corrected chi connectivity index (χ0v) is 9.66. The molecule has 0 aliphatic carbocycles. The van der Waals surface area contributed by atoms with Gasteiger partial charge in [0.2, 0.25) is 0 Å². The van der Waals surface area contributed by atoms with Crippen LogP contribution in [0.4, 0.5) is 5.82 Å². The van der Waals surface area contributed by atoms with Crippen LogP contribution in [-0.2, 0) is 0 Å². The third-order valence-electron chi connectivity index (χ3n) is 2.56. The molecule has 0 saturated heterocycles. The van der Waals surface area contributed by atoms with Crippen LogP contribution >= 0.6 is 0 Å². The molecule has 5 heteroatoms. The number of Topliss-reactive ketones (excluding diaryl/α,β-unsaturated/α-hetero) is 1. The third-order valence-corrected chi connectivity index (χ3v) is 2.56. The lowest BCUT2D eigenvalue weighted by Crippen LogP contribution is -1.93. The maximum Gasteiger partial charge on any atom is 0.364 e. The summed E-state index contributed by atoms with van der Waals surface area (Å²) in [5.41, 5.74) is 2.12. The fraction of sp³-hybridized carbons (Fsp3) is 0.0769. The number of hydrogen-bond donors (Lipinski definition) is 0. The average molecular weight is 242 g/mol. The highest BCUT2D eigenvalue weighted by Gasteiger charge is 2.09. The van der Waals surface area contributed by atoms with Crippen molar-refractivity contribution in [1.29, 1.82) is 0 Å². The molecule has 0 unspecified atom stereocenters. The number of rotatable bonds is 3. The van der Waals surface area contributed by atoms with E-state index in [2.05, 4.69) is 4.98 Å². The average Bonchev–Trinajstić information content (AvgIpc) is 2.39. The van der Waals surface area contributed by atoms with Crippen molar-refractivity contribution in [2.45, 2.75) is 6.92 Å². The van der Waals surface area contributed by atoms with Crippen molar-refractivity contribution in [3.63, 3.8) is 0 Å². The summed E-state index contributed by atoms with van der Waals surface area (Å²) >= 11 is 0. The van der Waals surface area contributed by atoms with Gasteiger partial charge in [-0.05, 0) is 34.0 Å². The SMILES string of the molecule is CC(=O)c1ccc(-c2ccnc([N+](=O)[O-])c2)cc1. The Morgan fingerprint density at radius 2 is 1.83 bits per heavy atom. The molecule has 18 heavy (non-hydrogen) atoms. The van der Waals surface area contributed by atoms with E-state index in [9.17, 15) is 14.9 Å². The molecule has 0 saturated carbocycles. The number of ketones is 1. The molecule has 2 aromatic rings. The first-order valence-electron chi connectivity index (χ1n) is 5.30. The Labute approximate surface area is 103 Å². The molecule has 0 fully saturated rings. The second-order valence-corrected chi connectivity index (χ2v) is 3.79. The van der Waals surface area contributed by atoms with Crippen LogP contribution in [0, 0.1) is 10.1 Å². The van der Waals surface area contributed by atoms with Crippen molar-refractivity contribution in [1.82, 2.24) is 4.98 Å². The highest BCUT2D eigenvalue weighted by molar-refractivity contribution is 5.94.